The van der Waals surface area contributed by atoms with Crippen molar-refractivity contribution < 1.29 is 14.4 Å². The van der Waals surface area contributed by atoms with Crippen molar-refractivity contribution in [3.05, 3.63) is 35.4 Å². The van der Waals surface area contributed by atoms with Crippen LogP contribution in [-0.4, -0.2) is 48.3 Å². The fraction of sp³-hybridized carbons (Fsp3) is 0.591. The second-order valence-electron chi connectivity index (χ2n) is 8.05. The first-order valence-corrected chi connectivity index (χ1v) is 10.4. The van der Waals surface area contributed by atoms with E-state index in [2.05, 4.69) is 10.6 Å². The number of carbonyl (C=O) groups is 3. The zero-order valence-corrected chi connectivity index (χ0v) is 16.9. The van der Waals surface area contributed by atoms with Crippen LogP contribution in [-0.2, 0) is 9.59 Å². The molecule has 3 rings (SSSR count). The number of aryl methyl sites for hydroxylation is 1. The normalized spacial score (nSPS) is 18.4. The molecular formula is C22H31N3O3. The molecule has 1 unspecified atom stereocenters. The average Bonchev–Trinajstić information content (AvgIpc) is 3.55. The Bertz CT molecular complexity index is 704. The largest absolute Gasteiger partial charge is 0.354 e. The minimum atomic E-state index is -0.571. The lowest BCUT2D eigenvalue weighted by Gasteiger charge is -2.36. The summed E-state index contributed by atoms with van der Waals surface area (Å²) in [6.07, 6.45) is 4.33. The van der Waals surface area contributed by atoms with E-state index in [4.69, 9.17) is 0 Å². The van der Waals surface area contributed by atoms with Gasteiger partial charge in [0, 0.05) is 31.1 Å². The molecule has 0 radical (unpaired) electrons. The molecule has 28 heavy (non-hydrogen) atoms. The van der Waals surface area contributed by atoms with Gasteiger partial charge in [-0.25, -0.2) is 0 Å². The highest BCUT2D eigenvalue weighted by Crippen LogP contribution is 2.33. The minimum Gasteiger partial charge on any atom is -0.354 e. The predicted octanol–water partition coefficient (Wildman–Crippen LogP) is 2.27. The van der Waals surface area contributed by atoms with Crippen molar-refractivity contribution in [1.82, 2.24) is 15.5 Å². The standard InChI is InChI=1S/C22H31N3O3/c1-3-12-23-21(27)19(24-20(26)17-6-4-15(2)5-7-17)16-10-13-25(14-11-16)22(28)18-8-9-18/h4-7,16,18-19H,3,8-14H2,1-2H3,(H,23,27)(H,24,26). The monoisotopic (exact) mass is 385 g/mol. The van der Waals surface area contributed by atoms with Gasteiger partial charge in [-0.1, -0.05) is 24.6 Å². The molecule has 1 aromatic carbocycles. The van der Waals surface area contributed by atoms with Gasteiger partial charge < -0.3 is 15.5 Å². The van der Waals surface area contributed by atoms with Gasteiger partial charge in [0.25, 0.3) is 5.91 Å². The summed E-state index contributed by atoms with van der Waals surface area (Å²) < 4.78 is 0. The Kier molecular flexibility index (Phi) is 6.70. The predicted molar refractivity (Wildman–Crippen MR) is 108 cm³/mol. The third kappa shape index (κ3) is 5.12. The van der Waals surface area contributed by atoms with Crippen LogP contribution >= 0.6 is 0 Å². The molecular weight excluding hydrogens is 354 g/mol. The molecule has 0 aromatic heterocycles. The highest BCUT2D eigenvalue weighted by atomic mass is 16.2. The van der Waals surface area contributed by atoms with Crippen LogP contribution in [0, 0.1) is 18.8 Å². The molecule has 1 aromatic rings. The van der Waals surface area contributed by atoms with Crippen LogP contribution < -0.4 is 10.6 Å². The number of likely N-dealkylation sites (tertiary alicyclic amines) is 1. The van der Waals surface area contributed by atoms with Crippen LogP contribution in [0.25, 0.3) is 0 Å². The summed E-state index contributed by atoms with van der Waals surface area (Å²) >= 11 is 0. The van der Waals surface area contributed by atoms with Gasteiger partial charge in [-0.3, -0.25) is 14.4 Å². The fourth-order valence-electron chi connectivity index (χ4n) is 3.73. The van der Waals surface area contributed by atoms with Crippen molar-refractivity contribution in [3.8, 4) is 0 Å². The maximum Gasteiger partial charge on any atom is 0.251 e. The van der Waals surface area contributed by atoms with Crippen molar-refractivity contribution in [2.45, 2.75) is 52.0 Å². The Labute approximate surface area is 167 Å². The van der Waals surface area contributed by atoms with Crippen LogP contribution in [0.2, 0.25) is 0 Å². The molecule has 2 fully saturated rings. The van der Waals surface area contributed by atoms with E-state index in [0.29, 0.717) is 25.2 Å². The first-order valence-electron chi connectivity index (χ1n) is 10.4. The molecule has 1 saturated carbocycles. The summed E-state index contributed by atoms with van der Waals surface area (Å²) in [5.41, 5.74) is 1.64. The van der Waals surface area contributed by atoms with E-state index in [1.165, 1.54) is 0 Å². The van der Waals surface area contributed by atoms with E-state index in [1.54, 1.807) is 12.1 Å². The molecule has 1 aliphatic carbocycles. The van der Waals surface area contributed by atoms with Gasteiger partial charge >= 0.3 is 0 Å². The number of hydrogen-bond donors (Lipinski definition) is 2. The molecule has 0 spiro atoms. The van der Waals surface area contributed by atoms with E-state index in [0.717, 1.165) is 37.7 Å². The topological polar surface area (TPSA) is 78.5 Å². The first-order chi connectivity index (χ1) is 13.5. The molecule has 0 bridgehead atoms. The van der Waals surface area contributed by atoms with Gasteiger partial charge in [-0.05, 0) is 57.1 Å². The van der Waals surface area contributed by atoms with E-state index < -0.39 is 6.04 Å². The van der Waals surface area contributed by atoms with E-state index >= 15 is 0 Å². The van der Waals surface area contributed by atoms with Crippen LogP contribution in [0.3, 0.4) is 0 Å². The highest BCUT2D eigenvalue weighted by Gasteiger charge is 2.38. The van der Waals surface area contributed by atoms with Gasteiger partial charge in [-0.15, -0.1) is 0 Å². The number of nitrogens with zero attached hydrogens (tertiary/aromatic N) is 1. The molecule has 1 saturated heterocycles. The van der Waals surface area contributed by atoms with Crippen LogP contribution in [0.15, 0.2) is 24.3 Å². The van der Waals surface area contributed by atoms with Crippen molar-refractivity contribution in [3.63, 3.8) is 0 Å². The lowest BCUT2D eigenvalue weighted by Crippen LogP contribution is -2.54. The lowest BCUT2D eigenvalue weighted by atomic mass is 9.88. The second kappa shape index (κ2) is 9.22. The molecule has 152 valence electrons. The number of rotatable bonds is 7. The highest BCUT2D eigenvalue weighted by molar-refractivity contribution is 5.97. The number of piperidine rings is 1. The SMILES string of the molecule is CCCNC(=O)C(NC(=O)c1ccc(C)cc1)C1CCN(C(=O)C2CC2)CC1. The zero-order chi connectivity index (χ0) is 20.1. The van der Waals surface area contributed by atoms with Gasteiger partial charge in [-0.2, -0.15) is 0 Å². The molecule has 1 atom stereocenters. The van der Waals surface area contributed by atoms with Gasteiger partial charge in [0.1, 0.15) is 6.04 Å². The molecule has 3 amide bonds. The summed E-state index contributed by atoms with van der Waals surface area (Å²) in [4.78, 5) is 39.7. The van der Waals surface area contributed by atoms with E-state index in [1.807, 2.05) is 30.9 Å². The van der Waals surface area contributed by atoms with Crippen LogP contribution in [0.5, 0.6) is 0 Å². The molecule has 2 N–H and O–H groups in total. The quantitative estimate of drug-likeness (QED) is 0.756. The summed E-state index contributed by atoms with van der Waals surface area (Å²) in [7, 11) is 0. The second-order valence-corrected chi connectivity index (χ2v) is 8.05. The Hall–Kier alpha value is -2.37. The third-order valence-corrected chi connectivity index (χ3v) is 5.68. The summed E-state index contributed by atoms with van der Waals surface area (Å²) in [6, 6.07) is 6.77. The minimum absolute atomic E-state index is 0.0366. The van der Waals surface area contributed by atoms with Crippen molar-refractivity contribution in [2.24, 2.45) is 11.8 Å². The number of nitrogens with one attached hydrogen (secondary N) is 2. The maximum absolute atomic E-state index is 12.7. The number of amides is 3. The van der Waals surface area contributed by atoms with Crippen molar-refractivity contribution in [2.75, 3.05) is 19.6 Å². The van der Waals surface area contributed by atoms with Crippen molar-refractivity contribution >= 4 is 17.7 Å². The molecule has 1 heterocycles. The molecule has 2 aliphatic rings. The Morgan fingerprint density at radius 2 is 1.71 bits per heavy atom. The lowest BCUT2D eigenvalue weighted by molar-refractivity contribution is -0.134. The maximum atomic E-state index is 12.7. The smallest absolute Gasteiger partial charge is 0.251 e. The summed E-state index contributed by atoms with van der Waals surface area (Å²) in [6.45, 7) is 5.90. The summed E-state index contributed by atoms with van der Waals surface area (Å²) in [5.74, 6) is 0.160. The number of hydrogen-bond acceptors (Lipinski definition) is 3. The number of carbonyl (C=O) groups excluding carboxylic acids is 3. The fourth-order valence-corrected chi connectivity index (χ4v) is 3.73. The third-order valence-electron chi connectivity index (χ3n) is 5.68. The molecule has 6 nitrogen and oxygen atoms in total. The Balaban J connectivity index is 1.64. The summed E-state index contributed by atoms with van der Waals surface area (Å²) in [5, 5.41) is 5.88. The zero-order valence-electron chi connectivity index (χ0n) is 16.9. The van der Waals surface area contributed by atoms with Gasteiger partial charge in [0.2, 0.25) is 11.8 Å². The van der Waals surface area contributed by atoms with Crippen LogP contribution in [0.1, 0.15) is 54.9 Å². The van der Waals surface area contributed by atoms with Gasteiger partial charge in [0.05, 0.1) is 0 Å². The number of benzene rings is 1. The van der Waals surface area contributed by atoms with E-state index in [-0.39, 0.29) is 29.6 Å². The van der Waals surface area contributed by atoms with Gasteiger partial charge in [0.15, 0.2) is 0 Å². The molecule has 6 heteroatoms. The first kappa shape index (κ1) is 20.4. The van der Waals surface area contributed by atoms with Crippen LogP contribution in [0.4, 0.5) is 0 Å². The Morgan fingerprint density at radius 3 is 2.29 bits per heavy atom. The average molecular weight is 386 g/mol. The van der Waals surface area contributed by atoms with Crippen molar-refractivity contribution in [1.29, 1.82) is 0 Å². The molecule has 1 aliphatic heterocycles. The van der Waals surface area contributed by atoms with E-state index in [9.17, 15) is 14.4 Å². The Morgan fingerprint density at radius 1 is 1.07 bits per heavy atom.